The molecule has 0 unspecified atom stereocenters. The van der Waals surface area contributed by atoms with E-state index < -0.39 is 4.92 Å². The number of halogens is 1. The molecule has 0 saturated heterocycles. The first-order valence-electron chi connectivity index (χ1n) is 8.35. The van der Waals surface area contributed by atoms with Gasteiger partial charge in [-0.25, -0.2) is 0 Å². The molecule has 0 saturated carbocycles. The zero-order chi connectivity index (χ0) is 21.0. The normalized spacial score (nSPS) is 11.0. The Morgan fingerprint density at radius 1 is 1.14 bits per heavy atom. The van der Waals surface area contributed by atoms with Crippen molar-refractivity contribution in [3.05, 3.63) is 75.0 Å². The third-order valence-corrected chi connectivity index (χ3v) is 4.47. The molecular formula is C21H15ClN2O5. The van der Waals surface area contributed by atoms with E-state index in [-0.39, 0.29) is 10.7 Å². The Hall–Kier alpha value is -3.76. The summed E-state index contributed by atoms with van der Waals surface area (Å²) in [5, 5.41) is 20.6. The van der Waals surface area contributed by atoms with Gasteiger partial charge in [-0.05, 0) is 48.0 Å². The van der Waals surface area contributed by atoms with Crippen LogP contribution in [-0.2, 0) is 0 Å². The lowest BCUT2D eigenvalue weighted by molar-refractivity contribution is -0.384. The molecule has 0 amide bonds. The molecule has 0 aliphatic heterocycles. The predicted octanol–water partition coefficient (Wildman–Crippen LogP) is 5.59. The van der Waals surface area contributed by atoms with Crippen molar-refractivity contribution in [1.82, 2.24) is 0 Å². The molecule has 29 heavy (non-hydrogen) atoms. The number of nitro benzene ring substituents is 1. The number of rotatable bonds is 6. The van der Waals surface area contributed by atoms with Crippen LogP contribution in [0.25, 0.3) is 23.0 Å². The molecule has 1 heterocycles. The Morgan fingerprint density at radius 3 is 2.52 bits per heavy atom. The minimum atomic E-state index is -0.520. The molecule has 7 nitrogen and oxygen atoms in total. The number of allylic oxidation sites excluding steroid dienone is 1. The topological polar surface area (TPSA) is 98.5 Å². The van der Waals surface area contributed by atoms with E-state index in [2.05, 4.69) is 6.07 Å². The lowest BCUT2D eigenvalue weighted by atomic mass is 10.1. The maximum absolute atomic E-state index is 10.8. The molecule has 0 spiro atoms. The number of non-ortho nitro benzene ring substituents is 1. The summed E-state index contributed by atoms with van der Waals surface area (Å²) in [6.45, 7) is 0. The molecule has 0 atom stereocenters. The Kier molecular flexibility index (Phi) is 5.86. The Bertz CT molecular complexity index is 1140. The van der Waals surface area contributed by atoms with Crippen molar-refractivity contribution in [3.63, 3.8) is 0 Å². The highest BCUT2D eigenvalue weighted by Crippen LogP contribution is 2.34. The van der Waals surface area contributed by atoms with Crippen molar-refractivity contribution in [3.8, 4) is 28.9 Å². The first-order chi connectivity index (χ1) is 14.0. The lowest BCUT2D eigenvalue weighted by Crippen LogP contribution is -1.92. The minimum Gasteiger partial charge on any atom is -0.493 e. The van der Waals surface area contributed by atoms with Gasteiger partial charge in [0.25, 0.3) is 5.69 Å². The molecule has 0 bridgehead atoms. The number of benzene rings is 2. The van der Waals surface area contributed by atoms with Crippen molar-refractivity contribution in [2.45, 2.75) is 0 Å². The fourth-order valence-corrected chi connectivity index (χ4v) is 2.99. The Morgan fingerprint density at radius 2 is 1.90 bits per heavy atom. The van der Waals surface area contributed by atoms with Crippen LogP contribution in [0.1, 0.15) is 11.3 Å². The molecule has 0 N–H and O–H groups in total. The van der Waals surface area contributed by atoms with Gasteiger partial charge in [0.2, 0.25) is 0 Å². The monoisotopic (exact) mass is 410 g/mol. The smallest absolute Gasteiger partial charge is 0.270 e. The molecule has 8 heteroatoms. The van der Waals surface area contributed by atoms with E-state index in [1.54, 1.807) is 36.4 Å². The third kappa shape index (κ3) is 4.23. The Balaban J connectivity index is 1.94. The van der Waals surface area contributed by atoms with E-state index in [0.29, 0.717) is 39.7 Å². The van der Waals surface area contributed by atoms with Gasteiger partial charge in [-0.2, -0.15) is 5.26 Å². The van der Waals surface area contributed by atoms with E-state index in [1.165, 1.54) is 32.4 Å². The standard InChI is InChI=1S/C21H15ClN2O5/c1-27-20-7-3-13(10-21(20)28-2)14(12-23)9-16-5-8-19(29-16)17-6-4-15(24(25)26)11-18(17)22/h3-11H,1-2H3/b14-9-. The molecule has 2 aromatic carbocycles. The van der Waals surface area contributed by atoms with Gasteiger partial charge in [0.15, 0.2) is 11.5 Å². The van der Waals surface area contributed by atoms with Crippen LogP contribution >= 0.6 is 11.6 Å². The second-order valence-electron chi connectivity index (χ2n) is 5.86. The number of furan rings is 1. The van der Waals surface area contributed by atoms with Crippen LogP contribution in [-0.4, -0.2) is 19.1 Å². The molecule has 0 aliphatic carbocycles. The average Bonchev–Trinajstić information content (AvgIpc) is 3.19. The number of hydrogen-bond acceptors (Lipinski definition) is 6. The average molecular weight is 411 g/mol. The number of methoxy groups -OCH3 is 2. The number of nitriles is 1. The van der Waals surface area contributed by atoms with Gasteiger partial charge < -0.3 is 13.9 Å². The zero-order valence-corrected chi connectivity index (χ0v) is 16.3. The molecule has 3 aromatic rings. The summed E-state index contributed by atoms with van der Waals surface area (Å²) in [4.78, 5) is 10.3. The number of hydrogen-bond donors (Lipinski definition) is 0. The number of ether oxygens (including phenoxy) is 2. The maximum Gasteiger partial charge on any atom is 0.270 e. The number of nitro groups is 1. The van der Waals surface area contributed by atoms with E-state index in [1.807, 2.05) is 0 Å². The van der Waals surface area contributed by atoms with Gasteiger partial charge in [0.05, 0.1) is 35.8 Å². The largest absolute Gasteiger partial charge is 0.493 e. The SMILES string of the molecule is COc1ccc(/C(C#N)=C\c2ccc(-c3ccc([N+](=O)[O-])cc3Cl)o2)cc1OC. The summed E-state index contributed by atoms with van der Waals surface area (Å²) in [7, 11) is 3.05. The van der Waals surface area contributed by atoms with Gasteiger partial charge in [0.1, 0.15) is 11.5 Å². The molecule has 3 rings (SSSR count). The van der Waals surface area contributed by atoms with E-state index in [9.17, 15) is 15.4 Å². The van der Waals surface area contributed by atoms with Crippen LogP contribution in [0.5, 0.6) is 11.5 Å². The summed E-state index contributed by atoms with van der Waals surface area (Å²) < 4.78 is 16.3. The number of nitrogens with zero attached hydrogens (tertiary/aromatic N) is 2. The van der Waals surface area contributed by atoms with Crippen molar-refractivity contribution in [2.75, 3.05) is 14.2 Å². The highest BCUT2D eigenvalue weighted by atomic mass is 35.5. The molecule has 0 fully saturated rings. The van der Waals surface area contributed by atoms with Crippen LogP contribution in [0, 0.1) is 21.4 Å². The van der Waals surface area contributed by atoms with Crippen LogP contribution in [0.15, 0.2) is 52.9 Å². The first-order valence-corrected chi connectivity index (χ1v) is 8.73. The molecule has 146 valence electrons. The fraction of sp³-hybridized carbons (Fsp3) is 0.0952. The molecular weight excluding hydrogens is 396 g/mol. The highest BCUT2D eigenvalue weighted by molar-refractivity contribution is 6.33. The van der Waals surface area contributed by atoms with Gasteiger partial charge in [-0.1, -0.05) is 11.6 Å². The van der Waals surface area contributed by atoms with Crippen LogP contribution in [0.3, 0.4) is 0 Å². The van der Waals surface area contributed by atoms with Crippen LogP contribution in [0.4, 0.5) is 5.69 Å². The lowest BCUT2D eigenvalue weighted by Gasteiger charge is -2.08. The minimum absolute atomic E-state index is 0.106. The second-order valence-corrected chi connectivity index (χ2v) is 6.27. The molecule has 1 aromatic heterocycles. The summed E-state index contributed by atoms with van der Waals surface area (Å²) in [6, 6.07) is 14.8. The Labute approximate surface area is 171 Å². The fourth-order valence-electron chi connectivity index (χ4n) is 2.72. The summed E-state index contributed by atoms with van der Waals surface area (Å²) in [6.07, 6.45) is 1.59. The molecule has 0 radical (unpaired) electrons. The van der Waals surface area contributed by atoms with Gasteiger partial charge >= 0.3 is 0 Å². The van der Waals surface area contributed by atoms with Crippen LogP contribution < -0.4 is 9.47 Å². The second kappa shape index (κ2) is 8.50. The van der Waals surface area contributed by atoms with E-state index in [4.69, 9.17) is 25.5 Å². The van der Waals surface area contributed by atoms with Gasteiger partial charge in [-0.3, -0.25) is 10.1 Å². The predicted molar refractivity (Wildman–Crippen MR) is 109 cm³/mol. The van der Waals surface area contributed by atoms with Gasteiger partial charge in [-0.15, -0.1) is 0 Å². The van der Waals surface area contributed by atoms with Crippen molar-refractivity contribution >= 4 is 28.9 Å². The van der Waals surface area contributed by atoms with E-state index in [0.717, 1.165) is 0 Å². The maximum atomic E-state index is 10.8. The summed E-state index contributed by atoms with van der Waals surface area (Å²) >= 11 is 6.15. The van der Waals surface area contributed by atoms with E-state index >= 15 is 0 Å². The summed E-state index contributed by atoms with van der Waals surface area (Å²) in [5.74, 6) is 1.92. The van der Waals surface area contributed by atoms with Crippen molar-refractivity contribution < 1.29 is 18.8 Å². The van der Waals surface area contributed by atoms with Crippen LogP contribution in [0.2, 0.25) is 5.02 Å². The quantitative estimate of drug-likeness (QED) is 0.298. The highest BCUT2D eigenvalue weighted by Gasteiger charge is 2.14. The zero-order valence-electron chi connectivity index (χ0n) is 15.5. The van der Waals surface area contributed by atoms with Gasteiger partial charge in [0, 0.05) is 17.7 Å². The first kappa shape index (κ1) is 20.0. The molecule has 0 aliphatic rings. The van der Waals surface area contributed by atoms with Crippen molar-refractivity contribution in [2.24, 2.45) is 0 Å². The van der Waals surface area contributed by atoms with Crippen molar-refractivity contribution in [1.29, 1.82) is 5.26 Å². The third-order valence-electron chi connectivity index (χ3n) is 4.16. The summed E-state index contributed by atoms with van der Waals surface area (Å²) in [5.41, 5.74) is 1.41.